The lowest BCUT2D eigenvalue weighted by atomic mass is 10.1. The van der Waals surface area contributed by atoms with E-state index in [1.165, 1.54) is 0 Å². The van der Waals surface area contributed by atoms with Crippen molar-refractivity contribution in [1.29, 1.82) is 0 Å². The first-order valence-electron chi connectivity index (χ1n) is 9.33. The van der Waals surface area contributed by atoms with Crippen LogP contribution in [0.1, 0.15) is 51.6 Å². The summed E-state index contributed by atoms with van der Waals surface area (Å²) in [6.07, 6.45) is 7.04. The van der Waals surface area contributed by atoms with Crippen LogP contribution >= 0.6 is 11.6 Å². The summed E-state index contributed by atoms with van der Waals surface area (Å²) < 4.78 is 5.39. The summed E-state index contributed by atoms with van der Waals surface area (Å²) in [6, 6.07) is 4.03. The second kappa shape index (κ2) is 10.9. The van der Waals surface area contributed by atoms with Crippen LogP contribution in [0, 0.1) is 13.8 Å². The van der Waals surface area contributed by atoms with Crippen LogP contribution in [0.15, 0.2) is 24.5 Å². The fourth-order valence-electron chi connectivity index (χ4n) is 3.15. The fraction of sp³-hybridized carbons (Fsp3) is 0.429. The molecule has 1 saturated heterocycles. The quantitative estimate of drug-likeness (QED) is 0.553. The molecule has 0 spiro atoms. The molecule has 0 amide bonds. The van der Waals surface area contributed by atoms with Gasteiger partial charge in [-0.3, -0.25) is 9.59 Å². The summed E-state index contributed by atoms with van der Waals surface area (Å²) in [5, 5.41) is 0.264. The van der Waals surface area contributed by atoms with Crippen molar-refractivity contribution in [3.05, 3.63) is 51.9 Å². The van der Waals surface area contributed by atoms with Gasteiger partial charge in [-0.2, -0.15) is 0 Å². The number of hydrogen-bond donors (Lipinski definition) is 0. The van der Waals surface area contributed by atoms with Crippen LogP contribution in [-0.2, 0) is 4.74 Å². The van der Waals surface area contributed by atoms with Crippen molar-refractivity contribution in [2.24, 2.45) is 0 Å². The molecule has 2 aromatic rings. The second-order valence-electron chi connectivity index (χ2n) is 6.68. The molecule has 6 nitrogen and oxygen atoms in total. The molecule has 0 aliphatic carbocycles. The first-order chi connectivity index (χ1) is 13.5. The van der Waals surface area contributed by atoms with Crippen LogP contribution in [0.2, 0.25) is 5.15 Å². The van der Waals surface area contributed by atoms with Crippen LogP contribution in [0.5, 0.6) is 0 Å². The van der Waals surface area contributed by atoms with E-state index in [-0.39, 0.29) is 5.15 Å². The van der Waals surface area contributed by atoms with Crippen molar-refractivity contribution in [3.8, 4) is 0 Å². The lowest BCUT2D eigenvalue weighted by molar-refractivity contribution is 0.0844. The van der Waals surface area contributed by atoms with E-state index in [9.17, 15) is 9.59 Å². The Labute approximate surface area is 170 Å². The number of anilines is 1. The normalized spacial score (nSPS) is 14.0. The molecule has 0 N–H and O–H groups in total. The van der Waals surface area contributed by atoms with Crippen LogP contribution in [0.3, 0.4) is 0 Å². The number of ether oxygens (including phenoxy) is 1. The molecule has 0 bridgehead atoms. The SMILES string of the molecule is CCN(c1ncc(C)cc1C=O)C1CCOCC1.Cc1cnc(Cl)c(C=O)c1. The highest BCUT2D eigenvalue weighted by Crippen LogP contribution is 2.24. The van der Waals surface area contributed by atoms with Crippen molar-refractivity contribution >= 4 is 30.0 Å². The third-order valence-electron chi connectivity index (χ3n) is 4.53. The van der Waals surface area contributed by atoms with Gasteiger partial charge in [0.1, 0.15) is 11.0 Å². The lowest BCUT2D eigenvalue weighted by Gasteiger charge is -2.35. The van der Waals surface area contributed by atoms with Gasteiger partial charge in [-0.15, -0.1) is 0 Å². The molecule has 1 aliphatic rings. The van der Waals surface area contributed by atoms with Crippen molar-refractivity contribution < 1.29 is 14.3 Å². The van der Waals surface area contributed by atoms with Crippen molar-refractivity contribution in [2.45, 2.75) is 39.7 Å². The Bertz CT molecular complexity index is 807. The monoisotopic (exact) mass is 403 g/mol. The van der Waals surface area contributed by atoms with Crippen molar-refractivity contribution in [2.75, 3.05) is 24.7 Å². The Morgan fingerprint density at radius 2 is 1.64 bits per heavy atom. The summed E-state index contributed by atoms with van der Waals surface area (Å²) in [5.74, 6) is 0.810. The Morgan fingerprint density at radius 3 is 2.18 bits per heavy atom. The summed E-state index contributed by atoms with van der Waals surface area (Å²) in [5.41, 5.74) is 3.08. The van der Waals surface area contributed by atoms with E-state index < -0.39 is 0 Å². The van der Waals surface area contributed by atoms with E-state index in [0.29, 0.717) is 23.5 Å². The van der Waals surface area contributed by atoms with E-state index >= 15 is 0 Å². The van der Waals surface area contributed by atoms with Gasteiger partial charge in [0, 0.05) is 38.2 Å². The average molecular weight is 404 g/mol. The predicted molar refractivity (Wildman–Crippen MR) is 111 cm³/mol. The van der Waals surface area contributed by atoms with Crippen LogP contribution in [0.4, 0.5) is 5.82 Å². The molecular weight excluding hydrogens is 378 g/mol. The molecule has 3 rings (SSSR count). The lowest BCUT2D eigenvalue weighted by Crippen LogP contribution is -2.40. The largest absolute Gasteiger partial charge is 0.381 e. The van der Waals surface area contributed by atoms with Crippen LogP contribution in [0.25, 0.3) is 0 Å². The maximum atomic E-state index is 11.2. The molecule has 150 valence electrons. The smallest absolute Gasteiger partial charge is 0.153 e. The number of aldehydes is 2. The third-order valence-corrected chi connectivity index (χ3v) is 4.85. The minimum absolute atomic E-state index is 0.264. The minimum atomic E-state index is 0.264. The third kappa shape index (κ3) is 5.84. The number of hydrogen-bond acceptors (Lipinski definition) is 6. The Morgan fingerprint density at radius 1 is 1.07 bits per heavy atom. The maximum absolute atomic E-state index is 11.2. The Balaban J connectivity index is 0.000000237. The summed E-state index contributed by atoms with van der Waals surface area (Å²) in [7, 11) is 0. The van der Waals surface area contributed by atoms with E-state index in [4.69, 9.17) is 16.3 Å². The summed E-state index contributed by atoms with van der Waals surface area (Å²) >= 11 is 5.55. The molecule has 1 aliphatic heterocycles. The zero-order chi connectivity index (χ0) is 20.5. The highest BCUT2D eigenvalue weighted by atomic mass is 35.5. The maximum Gasteiger partial charge on any atom is 0.153 e. The second-order valence-corrected chi connectivity index (χ2v) is 7.04. The highest BCUT2D eigenvalue weighted by molar-refractivity contribution is 6.31. The number of nitrogens with zero attached hydrogens (tertiary/aromatic N) is 3. The number of halogens is 1. The first kappa shape index (κ1) is 22.0. The topological polar surface area (TPSA) is 72.4 Å². The van der Waals surface area contributed by atoms with Crippen LogP contribution < -0.4 is 4.90 Å². The molecule has 7 heteroatoms. The van der Waals surface area contributed by atoms with Gasteiger partial charge in [-0.1, -0.05) is 11.6 Å². The van der Waals surface area contributed by atoms with E-state index in [0.717, 1.165) is 55.8 Å². The first-order valence-corrected chi connectivity index (χ1v) is 9.71. The fourth-order valence-corrected chi connectivity index (χ4v) is 3.29. The van der Waals surface area contributed by atoms with Gasteiger partial charge < -0.3 is 9.64 Å². The summed E-state index contributed by atoms with van der Waals surface area (Å²) in [4.78, 5) is 31.9. The number of aryl methyl sites for hydroxylation is 2. The molecule has 2 aromatic heterocycles. The molecule has 0 saturated carbocycles. The number of carbonyl (C=O) groups excluding carboxylic acids is 2. The average Bonchev–Trinajstić information content (AvgIpc) is 2.72. The highest BCUT2D eigenvalue weighted by Gasteiger charge is 2.23. The van der Waals surface area contributed by atoms with Gasteiger partial charge in [-0.05, 0) is 56.9 Å². The van der Waals surface area contributed by atoms with Gasteiger partial charge in [0.15, 0.2) is 12.6 Å². The van der Waals surface area contributed by atoms with Crippen LogP contribution in [-0.4, -0.2) is 48.3 Å². The van der Waals surface area contributed by atoms with Gasteiger partial charge in [-0.25, -0.2) is 9.97 Å². The van der Waals surface area contributed by atoms with Crippen molar-refractivity contribution in [1.82, 2.24) is 9.97 Å². The number of rotatable bonds is 5. The molecule has 0 aromatic carbocycles. The van der Waals surface area contributed by atoms with E-state index in [1.807, 2.05) is 26.1 Å². The summed E-state index contributed by atoms with van der Waals surface area (Å²) in [6.45, 7) is 8.37. The number of aromatic nitrogens is 2. The molecule has 3 heterocycles. The number of pyridine rings is 2. The zero-order valence-electron chi connectivity index (χ0n) is 16.5. The molecular formula is C21H26ClN3O3. The Kier molecular flexibility index (Phi) is 8.54. The van der Waals surface area contributed by atoms with E-state index in [1.54, 1.807) is 12.3 Å². The molecule has 0 atom stereocenters. The molecule has 28 heavy (non-hydrogen) atoms. The zero-order valence-corrected chi connectivity index (χ0v) is 17.3. The predicted octanol–water partition coefficient (Wildman–Crippen LogP) is 4.06. The Hall–Kier alpha value is -2.31. The van der Waals surface area contributed by atoms with Gasteiger partial charge in [0.05, 0.1) is 11.1 Å². The van der Waals surface area contributed by atoms with Gasteiger partial charge in [0.2, 0.25) is 0 Å². The molecule has 0 unspecified atom stereocenters. The van der Waals surface area contributed by atoms with Crippen molar-refractivity contribution in [3.63, 3.8) is 0 Å². The number of carbonyl (C=O) groups is 2. The van der Waals surface area contributed by atoms with Gasteiger partial charge in [0.25, 0.3) is 0 Å². The standard InChI is InChI=1S/C14H20N2O2.C7H6ClNO/c1-3-16(13-4-6-18-7-5-13)14-12(10-17)8-11(2)9-15-14;1-5-2-6(4-10)7(8)9-3-5/h8-10,13H,3-7H2,1-2H3;2-4H,1H3. The van der Waals surface area contributed by atoms with E-state index in [2.05, 4.69) is 21.8 Å². The minimum Gasteiger partial charge on any atom is -0.381 e. The molecule has 1 fully saturated rings. The molecule has 0 radical (unpaired) electrons. The van der Waals surface area contributed by atoms with Gasteiger partial charge >= 0.3 is 0 Å².